The first kappa shape index (κ1) is 9.26. The van der Waals surface area contributed by atoms with Crippen molar-refractivity contribution in [2.75, 3.05) is 5.73 Å². The van der Waals surface area contributed by atoms with Crippen molar-refractivity contribution in [1.29, 1.82) is 0 Å². The maximum absolute atomic E-state index is 10.9. The van der Waals surface area contributed by atoms with Crippen molar-refractivity contribution in [2.24, 2.45) is 5.73 Å². The SMILES string of the molecule is NC(=O)c1ccc(-n2cccn2)c(N)c1. The van der Waals surface area contributed by atoms with E-state index in [9.17, 15) is 4.79 Å². The van der Waals surface area contributed by atoms with Gasteiger partial charge in [-0.15, -0.1) is 0 Å². The minimum Gasteiger partial charge on any atom is -0.397 e. The molecule has 0 atom stereocenters. The molecule has 5 nitrogen and oxygen atoms in total. The molecule has 1 aromatic heterocycles. The van der Waals surface area contributed by atoms with E-state index in [0.29, 0.717) is 11.3 Å². The molecule has 0 radical (unpaired) electrons. The van der Waals surface area contributed by atoms with Crippen LogP contribution in [0.4, 0.5) is 5.69 Å². The van der Waals surface area contributed by atoms with Crippen molar-refractivity contribution in [3.05, 3.63) is 42.2 Å². The molecular weight excluding hydrogens is 192 g/mol. The zero-order chi connectivity index (χ0) is 10.8. The molecule has 5 heteroatoms. The first-order valence-electron chi connectivity index (χ1n) is 4.38. The average Bonchev–Trinajstić information content (AvgIpc) is 2.70. The van der Waals surface area contributed by atoms with E-state index < -0.39 is 5.91 Å². The molecular formula is C10H10N4O. The summed E-state index contributed by atoms with van der Waals surface area (Å²) in [5.74, 6) is -0.492. The van der Waals surface area contributed by atoms with E-state index in [0.717, 1.165) is 5.69 Å². The monoisotopic (exact) mass is 202 g/mol. The van der Waals surface area contributed by atoms with E-state index in [1.165, 1.54) is 0 Å². The number of aromatic nitrogens is 2. The fraction of sp³-hybridized carbons (Fsp3) is 0. The van der Waals surface area contributed by atoms with Gasteiger partial charge in [0.2, 0.25) is 5.91 Å². The van der Waals surface area contributed by atoms with Gasteiger partial charge in [0.05, 0.1) is 11.4 Å². The lowest BCUT2D eigenvalue weighted by molar-refractivity contribution is 0.100. The highest BCUT2D eigenvalue weighted by molar-refractivity contribution is 5.94. The first-order valence-corrected chi connectivity index (χ1v) is 4.38. The Morgan fingerprint density at radius 2 is 2.20 bits per heavy atom. The molecule has 4 N–H and O–H groups in total. The van der Waals surface area contributed by atoms with Crippen LogP contribution in [-0.4, -0.2) is 15.7 Å². The van der Waals surface area contributed by atoms with Crippen molar-refractivity contribution in [2.45, 2.75) is 0 Å². The number of primary amides is 1. The van der Waals surface area contributed by atoms with Gasteiger partial charge in [-0.3, -0.25) is 4.79 Å². The molecule has 2 aromatic rings. The summed E-state index contributed by atoms with van der Waals surface area (Å²) in [6.07, 6.45) is 3.43. The standard InChI is InChI=1S/C10H10N4O/c11-8-6-7(10(12)15)2-3-9(8)14-5-1-4-13-14/h1-6H,11H2,(H2,12,15). The number of nitrogens with zero attached hydrogens (tertiary/aromatic N) is 2. The lowest BCUT2D eigenvalue weighted by Crippen LogP contribution is -2.12. The number of benzene rings is 1. The number of hydrogen-bond acceptors (Lipinski definition) is 3. The molecule has 2 rings (SSSR count). The van der Waals surface area contributed by atoms with Crippen LogP contribution in [0, 0.1) is 0 Å². The number of nitrogens with two attached hydrogens (primary N) is 2. The Bertz CT molecular complexity index is 490. The van der Waals surface area contributed by atoms with Gasteiger partial charge in [-0.1, -0.05) is 0 Å². The fourth-order valence-electron chi connectivity index (χ4n) is 1.33. The summed E-state index contributed by atoms with van der Waals surface area (Å²) < 4.78 is 1.63. The highest BCUT2D eigenvalue weighted by Gasteiger charge is 2.05. The normalized spacial score (nSPS) is 10.1. The van der Waals surface area contributed by atoms with Crippen LogP contribution in [0.1, 0.15) is 10.4 Å². The topological polar surface area (TPSA) is 86.9 Å². The predicted octanol–water partition coefficient (Wildman–Crippen LogP) is 0.553. The second kappa shape index (κ2) is 3.45. The van der Waals surface area contributed by atoms with Gasteiger partial charge in [-0.25, -0.2) is 4.68 Å². The third kappa shape index (κ3) is 1.67. The molecule has 0 unspecified atom stereocenters. The number of rotatable bonds is 2. The molecule has 1 amide bonds. The van der Waals surface area contributed by atoms with Crippen LogP contribution in [0.3, 0.4) is 0 Å². The van der Waals surface area contributed by atoms with Gasteiger partial charge >= 0.3 is 0 Å². The number of carbonyl (C=O) groups is 1. The van der Waals surface area contributed by atoms with Gasteiger partial charge in [0.15, 0.2) is 0 Å². The fourth-order valence-corrected chi connectivity index (χ4v) is 1.33. The lowest BCUT2D eigenvalue weighted by Gasteiger charge is -2.06. The van der Waals surface area contributed by atoms with Crippen molar-refractivity contribution in [1.82, 2.24) is 9.78 Å². The van der Waals surface area contributed by atoms with Crippen LogP contribution in [0.15, 0.2) is 36.7 Å². The van der Waals surface area contributed by atoms with Crippen LogP contribution in [0.25, 0.3) is 5.69 Å². The second-order valence-electron chi connectivity index (χ2n) is 3.09. The summed E-state index contributed by atoms with van der Waals surface area (Å²) in [7, 11) is 0. The summed E-state index contributed by atoms with van der Waals surface area (Å²) in [5, 5.41) is 4.04. The number of hydrogen-bond donors (Lipinski definition) is 2. The summed E-state index contributed by atoms with van der Waals surface area (Å²) in [6, 6.07) is 6.67. The van der Waals surface area contributed by atoms with Gasteiger partial charge in [0, 0.05) is 18.0 Å². The number of nitrogen functional groups attached to an aromatic ring is 1. The average molecular weight is 202 g/mol. The van der Waals surface area contributed by atoms with Crippen LogP contribution in [-0.2, 0) is 0 Å². The molecule has 1 aromatic carbocycles. The molecule has 0 saturated heterocycles. The predicted molar refractivity (Wildman–Crippen MR) is 56.5 cm³/mol. The van der Waals surface area contributed by atoms with E-state index in [1.807, 2.05) is 0 Å². The van der Waals surface area contributed by atoms with Crippen molar-refractivity contribution < 1.29 is 4.79 Å². The molecule has 0 aliphatic heterocycles. The van der Waals surface area contributed by atoms with E-state index in [1.54, 1.807) is 41.3 Å². The molecule has 76 valence electrons. The maximum Gasteiger partial charge on any atom is 0.248 e. The molecule has 0 aliphatic rings. The van der Waals surface area contributed by atoms with E-state index >= 15 is 0 Å². The summed E-state index contributed by atoms with van der Waals surface area (Å²) in [5.41, 5.74) is 12.5. The Hall–Kier alpha value is -2.30. The third-order valence-corrected chi connectivity index (χ3v) is 2.06. The van der Waals surface area contributed by atoms with E-state index in [4.69, 9.17) is 11.5 Å². The first-order chi connectivity index (χ1) is 7.18. The Kier molecular flexibility index (Phi) is 2.13. The third-order valence-electron chi connectivity index (χ3n) is 2.06. The van der Waals surface area contributed by atoms with Crippen LogP contribution in [0.2, 0.25) is 0 Å². The van der Waals surface area contributed by atoms with Gasteiger partial charge in [0.1, 0.15) is 0 Å². The van der Waals surface area contributed by atoms with Crippen LogP contribution >= 0.6 is 0 Å². The molecule has 15 heavy (non-hydrogen) atoms. The molecule has 0 bridgehead atoms. The zero-order valence-corrected chi connectivity index (χ0v) is 7.92. The van der Waals surface area contributed by atoms with E-state index in [-0.39, 0.29) is 0 Å². The smallest absolute Gasteiger partial charge is 0.248 e. The largest absolute Gasteiger partial charge is 0.397 e. The Balaban J connectivity index is 2.48. The number of anilines is 1. The highest BCUT2D eigenvalue weighted by atomic mass is 16.1. The lowest BCUT2D eigenvalue weighted by atomic mass is 10.1. The Morgan fingerprint density at radius 3 is 2.73 bits per heavy atom. The summed E-state index contributed by atoms with van der Waals surface area (Å²) in [6.45, 7) is 0. The molecule has 1 heterocycles. The van der Waals surface area contributed by atoms with Gasteiger partial charge in [-0.2, -0.15) is 5.10 Å². The van der Waals surface area contributed by atoms with Gasteiger partial charge in [-0.05, 0) is 24.3 Å². The minimum atomic E-state index is -0.492. The van der Waals surface area contributed by atoms with E-state index in [2.05, 4.69) is 5.10 Å². The number of carbonyl (C=O) groups excluding carboxylic acids is 1. The summed E-state index contributed by atoms with van der Waals surface area (Å²) in [4.78, 5) is 10.9. The second-order valence-corrected chi connectivity index (χ2v) is 3.09. The molecule has 0 fully saturated rings. The Labute approximate surface area is 86.3 Å². The van der Waals surface area contributed by atoms with Gasteiger partial charge < -0.3 is 11.5 Å². The minimum absolute atomic E-state index is 0.392. The van der Waals surface area contributed by atoms with Crippen molar-refractivity contribution >= 4 is 11.6 Å². The number of amides is 1. The van der Waals surface area contributed by atoms with Crippen LogP contribution < -0.4 is 11.5 Å². The maximum atomic E-state index is 10.9. The summed E-state index contributed by atoms with van der Waals surface area (Å²) >= 11 is 0. The quantitative estimate of drug-likeness (QED) is 0.697. The zero-order valence-electron chi connectivity index (χ0n) is 7.92. The van der Waals surface area contributed by atoms with Crippen molar-refractivity contribution in [3.8, 4) is 5.69 Å². The van der Waals surface area contributed by atoms with Crippen LogP contribution in [0.5, 0.6) is 0 Å². The Morgan fingerprint density at radius 1 is 1.40 bits per heavy atom. The molecule has 0 aliphatic carbocycles. The highest BCUT2D eigenvalue weighted by Crippen LogP contribution is 2.17. The molecule has 0 spiro atoms. The van der Waals surface area contributed by atoms with Crippen molar-refractivity contribution in [3.63, 3.8) is 0 Å². The molecule has 0 saturated carbocycles. The van der Waals surface area contributed by atoms with Gasteiger partial charge in [0.25, 0.3) is 0 Å².